The van der Waals surface area contributed by atoms with Gasteiger partial charge >= 0.3 is 0 Å². The van der Waals surface area contributed by atoms with Gasteiger partial charge in [0, 0.05) is 23.5 Å². The maximum Gasteiger partial charge on any atom is 0.270 e. The SMILES string of the molecule is CC(=O)c1cccc(Nc2nc(C)cc(C(=O)NCCc3ccccc3F)n2)c1. The molecule has 0 saturated carbocycles. The molecule has 29 heavy (non-hydrogen) atoms. The molecule has 2 N–H and O–H groups in total. The lowest BCUT2D eigenvalue weighted by atomic mass is 10.1. The van der Waals surface area contributed by atoms with Crippen LogP contribution >= 0.6 is 0 Å². The quantitative estimate of drug-likeness (QED) is 0.597. The van der Waals surface area contributed by atoms with Crippen LogP contribution in [-0.4, -0.2) is 28.2 Å². The van der Waals surface area contributed by atoms with Crippen molar-refractivity contribution in [1.29, 1.82) is 0 Å². The third kappa shape index (κ3) is 5.44. The Labute approximate surface area is 168 Å². The molecule has 0 aliphatic carbocycles. The highest BCUT2D eigenvalue weighted by Crippen LogP contribution is 2.16. The number of aromatic nitrogens is 2. The number of hydrogen-bond donors (Lipinski definition) is 2. The predicted octanol–water partition coefficient (Wildman–Crippen LogP) is 3.84. The molecule has 0 radical (unpaired) electrons. The Kier molecular flexibility index (Phi) is 6.29. The average Bonchev–Trinajstić information content (AvgIpc) is 2.69. The van der Waals surface area contributed by atoms with Gasteiger partial charge in [0.2, 0.25) is 5.95 Å². The summed E-state index contributed by atoms with van der Waals surface area (Å²) in [5.74, 6) is -0.454. The summed E-state index contributed by atoms with van der Waals surface area (Å²) in [4.78, 5) is 32.5. The number of nitrogens with one attached hydrogen (secondary N) is 2. The van der Waals surface area contributed by atoms with Crippen molar-refractivity contribution in [2.75, 3.05) is 11.9 Å². The second kappa shape index (κ2) is 9.05. The summed E-state index contributed by atoms with van der Waals surface area (Å²) in [6.07, 6.45) is 0.380. The van der Waals surface area contributed by atoms with Gasteiger partial charge < -0.3 is 10.6 Å². The first-order chi connectivity index (χ1) is 13.9. The smallest absolute Gasteiger partial charge is 0.270 e. The number of carbonyl (C=O) groups excluding carboxylic acids is 2. The molecule has 1 aromatic heterocycles. The fourth-order valence-corrected chi connectivity index (χ4v) is 2.79. The zero-order chi connectivity index (χ0) is 20.8. The van der Waals surface area contributed by atoms with Gasteiger partial charge in [-0.05, 0) is 50.1 Å². The van der Waals surface area contributed by atoms with Crippen LogP contribution in [0.1, 0.15) is 39.0 Å². The number of benzene rings is 2. The van der Waals surface area contributed by atoms with Crippen molar-refractivity contribution in [2.45, 2.75) is 20.3 Å². The van der Waals surface area contributed by atoms with Gasteiger partial charge in [0.1, 0.15) is 11.5 Å². The summed E-state index contributed by atoms with van der Waals surface area (Å²) in [7, 11) is 0. The summed E-state index contributed by atoms with van der Waals surface area (Å²) in [5.41, 5.74) is 2.57. The summed E-state index contributed by atoms with van der Waals surface area (Å²) < 4.78 is 13.7. The molecule has 3 rings (SSSR count). The molecule has 0 spiro atoms. The van der Waals surface area contributed by atoms with E-state index in [0.29, 0.717) is 28.9 Å². The van der Waals surface area contributed by atoms with E-state index >= 15 is 0 Å². The molecule has 3 aromatic rings. The molecule has 6 nitrogen and oxygen atoms in total. The van der Waals surface area contributed by atoms with E-state index in [2.05, 4.69) is 20.6 Å². The minimum Gasteiger partial charge on any atom is -0.350 e. The van der Waals surface area contributed by atoms with Crippen LogP contribution in [-0.2, 0) is 6.42 Å². The first-order valence-corrected chi connectivity index (χ1v) is 9.17. The Hall–Kier alpha value is -3.61. The first-order valence-electron chi connectivity index (χ1n) is 9.17. The molecular weight excluding hydrogens is 371 g/mol. The topological polar surface area (TPSA) is 84.0 Å². The number of anilines is 2. The Morgan fingerprint density at radius 1 is 1.03 bits per heavy atom. The highest BCUT2D eigenvalue weighted by Gasteiger charge is 2.11. The number of ketones is 1. The zero-order valence-corrected chi connectivity index (χ0v) is 16.2. The average molecular weight is 392 g/mol. The molecule has 148 valence electrons. The van der Waals surface area contributed by atoms with Gasteiger partial charge in [0.05, 0.1) is 0 Å². The number of halogens is 1. The van der Waals surface area contributed by atoms with E-state index in [-0.39, 0.29) is 35.7 Å². The number of amides is 1. The second-order valence-electron chi connectivity index (χ2n) is 6.58. The third-order valence-electron chi connectivity index (χ3n) is 4.25. The van der Waals surface area contributed by atoms with Crippen molar-refractivity contribution >= 4 is 23.3 Å². The van der Waals surface area contributed by atoms with Gasteiger partial charge in [-0.3, -0.25) is 9.59 Å². The van der Waals surface area contributed by atoms with Gasteiger partial charge in [-0.1, -0.05) is 30.3 Å². The molecule has 1 amide bonds. The van der Waals surface area contributed by atoms with E-state index in [4.69, 9.17) is 0 Å². The molecule has 0 bridgehead atoms. The number of carbonyl (C=O) groups is 2. The first kappa shape index (κ1) is 20.1. The fraction of sp³-hybridized carbons (Fsp3) is 0.182. The van der Waals surface area contributed by atoms with Crippen molar-refractivity contribution in [3.8, 4) is 0 Å². The van der Waals surface area contributed by atoms with Crippen LogP contribution in [0.5, 0.6) is 0 Å². The van der Waals surface area contributed by atoms with Gasteiger partial charge in [-0.2, -0.15) is 0 Å². The number of nitrogens with zero attached hydrogens (tertiary/aromatic N) is 2. The molecule has 0 unspecified atom stereocenters. The molecule has 7 heteroatoms. The van der Waals surface area contributed by atoms with E-state index < -0.39 is 0 Å². The van der Waals surface area contributed by atoms with Crippen molar-refractivity contribution in [1.82, 2.24) is 15.3 Å². The molecule has 0 saturated heterocycles. The molecule has 0 atom stereocenters. The van der Waals surface area contributed by atoms with Crippen molar-refractivity contribution in [3.63, 3.8) is 0 Å². The van der Waals surface area contributed by atoms with Gasteiger partial charge in [0.25, 0.3) is 5.91 Å². The summed E-state index contributed by atoms with van der Waals surface area (Å²) in [6.45, 7) is 3.53. The van der Waals surface area contributed by atoms with Crippen molar-refractivity contribution in [3.05, 3.63) is 82.9 Å². The lowest BCUT2D eigenvalue weighted by Gasteiger charge is -2.10. The van der Waals surface area contributed by atoms with Crippen LogP contribution in [0.25, 0.3) is 0 Å². The Balaban J connectivity index is 1.68. The largest absolute Gasteiger partial charge is 0.350 e. The van der Waals surface area contributed by atoms with E-state index in [1.54, 1.807) is 55.5 Å². The van der Waals surface area contributed by atoms with Crippen LogP contribution in [0.3, 0.4) is 0 Å². The Morgan fingerprint density at radius 2 is 1.83 bits per heavy atom. The molecule has 1 heterocycles. The van der Waals surface area contributed by atoms with Crippen molar-refractivity contribution < 1.29 is 14.0 Å². The lowest BCUT2D eigenvalue weighted by molar-refractivity contribution is 0.0948. The highest BCUT2D eigenvalue weighted by atomic mass is 19.1. The van der Waals surface area contributed by atoms with Crippen molar-refractivity contribution in [2.24, 2.45) is 0 Å². The monoisotopic (exact) mass is 392 g/mol. The van der Waals surface area contributed by atoms with Gasteiger partial charge in [-0.25, -0.2) is 14.4 Å². The minimum atomic E-state index is -0.368. The van der Waals surface area contributed by atoms with Crippen LogP contribution < -0.4 is 10.6 Å². The molecular formula is C22H21FN4O2. The highest BCUT2D eigenvalue weighted by molar-refractivity contribution is 5.95. The Morgan fingerprint density at radius 3 is 2.59 bits per heavy atom. The summed E-state index contributed by atoms with van der Waals surface area (Å²) in [6, 6.07) is 15.0. The number of hydrogen-bond acceptors (Lipinski definition) is 5. The Bertz CT molecular complexity index is 1050. The molecule has 0 fully saturated rings. The maximum absolute atomic E-state index is 13.7. The lowest BCUT2D eigenvalue weighted by Crippen LogP contribution is -2.27. The van der Waals surface area contributed by atoms with Crippen LogP contribution in [0, 0.1) is 12.7 Å². The molecule has 2 aromatic carbocycles. The maximum atomic E-state index is 13.7. The number of aryl methyl sites for hydroxylation is 1. The third-order valence-corrected chi connectivity index (χ3v) is 4.25. The van der Waals surface area contributed by atoms with Crippen LogP contribution in [0.4, 0.5) is 16.0 Å². The number of rotatable bonds is 7. The standard InChI is InChI=1S/C22H21FN4O2/c1-14-12-20(21(29)24-11-10-16-6-3-4-9-19(16)23)27-22(25-14)26-18-8-5-7-17(13-18)15(2)28/h3-9,12-13H,10-11H2,1-2H3,(H,24,29)(H,25,26,27). The van der Waals surface area contributed by atoms with E-state index in [0.717, 1.165) is 0 Å². The summed E-state index contributed by atoms with van der Waals surface area (Å²) in [5, 5.41) is 5.77. The van der Waals surface area contributed by atoms with Crippen LogP contribution in [0.2, 0.25) is 0 Å². The van der Waals surface area contributed by atoms with E-state index in [1.165, 1.54) is 13.0 Å². The summed E-state index contributed by atoms with van der Waals surface area (Å²) >= 11 is 0. The molecule has 0 aliphatic rings. The molecule has 0 aliphatic heterocycles. The van der Waals surface area contributed by atoms with Gasteiger partial charge in [0.15, 0.2) is 5.78 Å². The fourth-order valence-electron chi connectivity index (χ4n) is 2.79. The number of Topliss-reactive ketones (excluding diaryl/α,β-unsaturated/α-hetero) is 1. The van der Waals surface area contributed by atoms with Crippen LogP contribution in [0.15, 0.2) is 54.6 Å². The minimum absolute atomic E-state index is 0.0475. The predicted molar refractivity (Wildman–Crippen MR) is 109 cm³/mol. The van der Waals surface area contributed by atoms with E-state index in [1.807, 2.05) is 0 Å². The normalized spacial score (nSPS) is 10.4. The van der Waals surface area contributed by atoms with Gasteiger partial charge in [-0.15, -0.1) is 0 Å². The van der Waals surface area contributed by atoms with E-state index in [9.17, 15) is 14.0 Å². The second-order valence-corrected chi connectivity index (χ2v) is 6.58. The zero-order valence-electron chi connectivity index (χ0n) is 16.2.